The molecule has 2 amide bonds. The molecular formula is C27H26N6O3. The topological polar surface area (TPSA) is 119 Å². The van der Waals surface area contributed by atoms with Crippen molar-refractivity contribution in [3.05, 3.63) is 60.4 Å². The van der Waals surface area contributed by atoms with Gasteiger partial charge in [-0.25, -0.2) is 9.97 Å². The maximum atomic E-state index is 12.9. The van der Waals surface area contributed by atoms with E-state index in [0.29, 0.717) is 29.3 Å². The van der Waals surface area contributed by atoms with E-state index >= 15 is 0 Å². The standard InChI is InChI=1S/C27H26N6O3/c1-32-23(17-8-10-19(11-9-17)31-26(34)20-14-36-20)21(22-24(28)29-15-30-25(22)32)16-4-6-18(7-5-16)27(35)33-12-2-3-13-33/h4-11,15,20H,2-3,12-14H2,1H3,(H,31,34)(H2,28,29,30). The van der Waals surface area contributed by atoms with Crippen molar-refractivity contribution < 1.29 is 14.3 Å². The van der Waals surface area contributed by atoms with Crippen LogP contribution >= 0.6 is 0 Å². The van der Waals surface area contributed by atoms with E-state index in [0.717, 1.165) is 53.7 Å². The van der Waals surface area contributed by atoms with Crippen LogP contribution in [0, 0.1) is 0 Å². The van der Waals surface area contributed by atoms with E-state index in [1.54, 1.807) is 0 Å². The van der Waals surface area contributed by atoms with Crippen molar-refractivity contribution >= 4 is 34.4 Å². The van der Waals surface area contributed by atoms with Crippen LogP contribution in [0.1, 0.15) is 23.2 Å². The summed E-state index contributed by atoms with van der Waals surface area (Å²) in [6, 6.07) is 15.3. The lowest BCUT2D eigenvalue weighted by Crippen LogP contribution is -2.27. The maximum absolute atomic E-state index is 12.9. The number of aryl methyl sites for hydroxylation is 1. The SMILES string of the molecule is Cn1c(-c2ccc(NC(=O)C3CO3)cc2)c(-c2ccc(C(=O)N3CCCC3)cc2)c2c(N)ncnc21. The van der Waals surface area contributed by atoms with Crippen molar-refractivity contribution in [2.24, 2.45) is 7.05 Å². The first-order chi connectivity index (χ1) is 17.5. The van der Waals surface area contributed by atoms with Gasteiger partial charge in [0.25, 0.3) is 11.8 Å². The van der Waals surface area contributed by atoms with Crippen LogP contribution in [0.25, 0.3) is 33.4 Å². The molecule has 0 radical (unpaired) electrons. The van der Waals surface area contributed by atoms with Gasteiger partial charge < -0.3 is 25.3 Å². The number of nitrogens with one attached hydrogen (secondary N) is 1. The quantitative estimate of drug-likeness (QED) is 0.421. The molecule has 2 aliphatic heterocycles. The lowest BCUT2D eigenvalue weighted by Gasteiger charge is -2.15. The zero-order valence-electron chi connectivity index (χ0n) is 19.9. The average molecular weight is 483 g/mol. The first-order valence-electron chi connectivity index (χ1n) is 12.0. The largest absolute Gasteiger partial charge is 0.383 e. The predicted octanol–water partition coefficient (Wildman–Crippen LogP) is 3.46. The minimum absolute atomic E-state index is 0.0641. The van der Waals surface area contributed by atoms with Gasteiger partial charge in [-0.1, -0.05) is 24.3 Å². The van der Waals surface area contributed by atoms with Crippen molar-refractivity contribution in [2.75, 3.05) is 30.7 Å². The van der Waals surface area contributed by atoms with Crippen molar-refractivity contribution in [3.8, 4) is 22.4 Å². The number of benzene rings is 2. The molecule has 9 nitrogen and oxygen atoms in total. The monoisotopic (exact) mass is 482 g/mol. The van der Waals surface area contributed by atoms with Gasteiger partial charge in [-0.15, -0.1) is 0 Å². The molecule has 0 aliphatic carbocycles. The molecule has 1 atom stereocenters. The second-order valence-electron chi connectivity index (χ2n) is 9.21. The van der Waals surface area contributed by atoms with Crippen LogP contribution in [-0.2, 0) is 16.6 Å². The van der Waals surface area contributed by atoms with Crippen molar-refractivity contribution in [3.63, 3.8) is 0 Å². The Bertz CT molecular complexity index is 1470. The highest BCUT2D eigenvalue weighted by molar-refractivity contribution is 6.08. The van der Waals surface area contributed by atoms with Crippen LogP contribution < -0.4 is 11.1 Å². The highest BCUT2D eigenvalue weighted by Crippen LogP contribution is 2.41. The van der Waals surface area contributed by atoms with Crippen LogP contribution in [0.15, 0.2) is 54.9 Å². The molecule has 3 N–H and O–H groups in total. The minimum atomic E-state index is -0.351. The van der Waals surface area contributed by atoms with Gasteiger partial charge in [-0.2, -0.15) is 0 Å². The fraction of sp³-hybridized carbons (Fsp3) is 0.259. The Balaban J connectivity index is 1.41. The van der Waals surface area contributed by atoms with Crippen LogP contribution in [0.4, 0.5) is 11.5 Å². The first-order valence-corrected chi connectivity index (χ1v) is 12.0. The van der Waals surface area contributed by atoms with E-state index in [1.165, 1.54) is 6.33 Å². The van der Waals surface area contributed by atoms with Crippen LogP contribution in [0.3, 0.4) is 0 Å². The lowest BCUT2D eigenvalue weighted by molar-refractivity contribution is -0.117. The molecule has 4 aromatic rings. The molecule has 2 aromatic heterocycles. The van der Waals surface area contributed by atoms with Gasteiger partial charge in [0.2, 0.25) is 0 Å². The van der Waals surface area contributed by atoms with E-state index in [2.05, 4.69) is 15.3 Å². The number of likely N-dealkylation sites (tertiary alicyclic amines) is 1. The number of fused-ring (bicyclic) bond motifs is 1. The number of carbonyl (C=O) groups is 2. The first kappa shape index (κ1) is 22.2. The predicted molar refractivity (Wildman–Crippen MR) is 137 cm³/mol. The van der Waals surface area contributed by atoms with Crippen LogP contribution in [0.2, 0.25) is 0 Å². The van der Waals surface area contributed by atoms with Gasteiger partial charge in [0.15, 0.2) is 6.10 Å². The molecule has 1 unspecified atom stereocenters. The summed E-state index contributed by atoms with van der Waals surface area (Å²) in [5.41, 5.74) is 12.1. The molecule has 36 heavy (non-hydrogen) atoms. The molecule has 2 aliphatic rings. The Morgan fingerprint density at radius 2 is 1.67 bits per heavy atom. The molecule has 6 rings (SSSR count). The van der Waals surface area contributed by atoms with Gasteiger partial charge in [-0.3, -0.25) is 9.59 Å². The van der Waals surface area contributed by atoms with Gasteiger partial charge in [-0.05, 0) is 48.2 Å². The number of rotatable bonds is 5. The van der Waals surface area contributed by atoms with E-state index < -0.39 is 0 Å². The molecule has 2 saturated heterocycles. The summed E-state index contributed by atoms with van der Waals surface area (Å²) in [6.07, 6.45) is 3.22. The Morgan fingerprint density at radius 3 is 2.33 bits per heavy atom. The Labute approximate surface area is 207 Å². The lowest BCUT2D eigenvalue weighted by atomic mass is 9.97. The third kappa shape index (κ3) is 3.87. The molecule has 0 bridgehead atoms. The molecular weight excluding hydrogens is 456 g/mol. The maximum Gasteiger partial charge on any atom is 0.255 e. The smallest absolute Gasteiger partial charge is 0.255 e. The van der Waals surface area contributed by atoms with Gasteiger partial charge in [0.1, 0.15) is 17.8 Å². The van der Waals surface area contributed by atoms with Gasteiger partial charge in [0.05, 0.1) is 17.7 Å². The number of ether oxygens (including phenoxy) is 1. The summed E-state index contributed by atoms with van der Waals surface area (Å²) in [6.45, 7) is 2.09. The summed E-state index contributed by atoms with van der Waals surface area (Å²) in [5.74, 6) is 0.316. The summed E-state index contributed by atoms with van der Waals surface area (Å²) >= 11 is 0. The molecule has 2 aromatic carbocycles. The number of aromatic nitrogens is 3. The fourth-order valence-electron chi connectivity index (χ4n) is 4.91. The fourth-order valence-corrected chi connectivity index (χ4v) is 4.91. The second kappa shape index (κ2) is 8.76. The summed E-state index contributed by atoms with van der Waals surface area (Å²) < 4.78 is 7.05. The van der Waals surface area contributed by atoms with Crippen molar-refractivity contribution in [2.45, 2.75) is 18.9 Å². The molecule has 4 heterocycles. The number of nitrogen functional groups attached to an aromatic ring is 1. The highest BCUT2D eigenvalue weighted by atomic mass is 16.6. The van der Waals surface area contributed by atoms with Crippen LogP contribution in [0.5, 0.6) is 0 Å². The Kier molecular flexibility index (Phi) is 5.41. The van der Waals surface area contributed by atoms with Crippen molar-refractivity contribution in [1.82, 2.24) is 19.4 Å². The zero-order chi connectivity index (χ0) is 24.8. The number of carbonyl (C=O) groups excluding carboxylic acids is 2. The summed E-state index contributed by atoms with van der Waals surface area (Å²) in [4.78, 5) is 35.5. The third-order valence-electron chi connectivity index (χ3n) is 6.86. The van der Waals surface area contributed by atoms with Gasteiger partial charge >= 0.3 is 0 Å². The highest BCUT2D eigenvalue weighted by Gasteiger charge is 2.31. The van der Waals surface area contributed by atoms with Crippen LogP contribution in [-0.4, -0.2) is 57.0 Å². The average Bonchev–Trinajstić information content (AvgIpc) is 3.52. The minimum Gasteiger partial charge on any atom is -0.383 e. The van der Waals surface area contributed by atoms with E-state index in [9.17, 15) is 9.59 Å². The molecule has 0 saturated carbocycles. The number of amides is 2. The number of hydrogen-bond donors (Lipinski definition) is 2. The van der Waals surface area contributed by atoms with Gasteiger partial charge in [0, 0.05) is 37.0 Å². The molecule has 2 fully saturated rings. The normalized spacial score (nSPS) is 16.9. The number of hydrogen-bond acceptors (Lipinski definition) is 6. The zero-order valence-corrected chi connectivity index (χ0v) is 19.9. The number of anilines is 2. The Hall–Kier alpha value is -4.24. The molecule has 0 spiro atoms. The molecule has 9 heteroatoms. The third-order valence-corrected chi connectivity index (χ3v) is 6.86. The van der Waals surface area contributed by atoms with Crippen molar-refractivity contribution in [1.29, 1.82) is 0 Å². The number of nitrogens with two attached hydrogens (primary N) is 1. The summed E-state index contributed by atoms with van der Waals surface area (Å²) in [7, 11) is 1.94. The number of epoxide rings is 1. The molecule has 182 valence electrons. The summed E-state index contributed by atoms with van der Waals surface area (Å²) in [5, 5.41) is 3.63. The second-order valence-corrected chi connectivity index (χ2v) is 9.21. The van der Waals surface area contributed by atoms with E-state index in [4.69, 9.17) is 10.5 Å². The number of nitrogens with zero attached hydrogens (tertiary/aromatic N) is 4. The Morgan fingerprint density at radius 1 is 1.00 bits per heavy atom. The van der Waals surface area contributed by atoms with E-state index in [1.807, 2.05) is 65.0 Å². The van der Waals surface area contributed by atoms with E-state index in [-0.39, 0.29) is 17.9 Å².